The number of imidazole rings is 1. The Morgan fingerprint density at radius 3 is 2.38 bits per heavy atom. The number of rotatable bonds is 8. The van der Waals surface area contributed by atoms with E-state index < -0.39 is 0 Å². The van der Waals surface area contributed by atoms with Gasteiger partial charge in [0.15, 0.2) is 0 Å². The molecule has 0 aliphatic heterocycles. The molecular weight excluding hydrogens is 362 g/mol. The second kappa shape index (κ2) is 9.41. The van der Waals surface area contributed by atoms with Crippen LogP contribution in [0.5, 0.6) is 5.75 Å². The van der Waals surface area contributed by atoms with Crippen LogP contribution in [0.2, 0.25) is 0 Å². The molecule has 5 heteroatoms. The number of hydrogen-bond donors (Lipinski definition) is 1. The zero-order valence-electron chi connectivity index (χ0n) is 17.3. The summed E-state index contributed by atoms with van der Waals surface area (Å²) in [4.78, 5) is 16.5. The van der Waals surface area contributed by atoms with Crippen molar-refractivity contribution in [2.45, 2.75) is 39.8 Å². The molecule has 1 unspecified atom stereocenters. The fourth-order valence-corrected chi connectivity index (χ4v) is 3.04. The summed E-state index contributed by atoms with van der Waals surface area (Å²) < 4.78 is 7.75. The lowest BCUT2D eigenvalue weighted by Crippen LogP contribution is -2.46. The zero-order valence-corrected chi connectivity index (χ0v) is 17.3. The number of nitrogens with zero attached hydrogens (tertiary/aromatic N) is 2. The van der Waals surface area contributed by atoms with E-state index in [-0.39, 0.29) is 17.4 Å². The SMILES string of the molecule is CC(C)(C)C(Cn1ccnc1)NC(=O)CCOc1ccc(-c2ccccc2)cc1. The molecule has 0 radical (unpaired) electrons. The van der Waals surface area contributed by atoms with Crippen molar-refractivity contribution in [3.05, 3.63) is 73.3 Å². The summed E-state index contributed by atoms with van der Waals surface area (Å²) in [6, 6.07) is 18.2. The molecule has 2 aromatic carbocycles. The highest BCUT2D eigenvalue weighted by Crippen LogP contribution is 2.23. The molecule has 5 nitrogen and oxygen atoms in total. The predicted octanol–water partition coefficient (Wildman–Crippen LogP) is 4.55. The Morgan fingerprint density at radius 1 is 1.07 bits per heavy atom. The second-order valence-electron chi connectivity index (χ2n) is 8.23. The van der Waals surface area contributed by atoms with Gasteiger partial charge in [0.05, 0.1) is 25.4 Å². The molecule has 29 heavy (non-hydrogen) atoms. The number of carbonyl (C=O) groups is 1. The third-order valence-corrected chi connectivity index (χ3v) is 4.89. The summed E-state index contributed by atoms with van der Waals surface area (Å²) in [7, 11) is 0. The highest BCUT2D eigenvalue weighted by Gasteiger charge is 2.26. The van der Waals surface area contributed by atoms with Gasteiger partial charge in [-0.1, -0.05) is 63.2 Å². The van der Waals surface area contributed by atoms with Gasteiger partial charge < -0.3 is 14.6 Å². The van der Waals surface area contributed by atoms with Crippen molar-refractivity contribution in [3.63, 3.8) is 0 Å². The van der Waals surface area contributed by atoms with Gasteiger partial charge in [0.2, 0.25) is 5.91 Å². The van der Waals surface area contributed by atoms with Crippen LogP contribution in [-0.4, -0.2) is 28.1 Å². The van der Waals surface area contributed by atoms with Crippen LogP contribution in [0.15, 0.2) is 73.3 Å². The number of amides is 1. The molecule has 3 aromatic rings. The normalized spacial score (nSPS) is 12.4. The van der Waals surface area contributed by atoms with E-state index in [0.717, 1.165) is 11.3 Å². The molecule has 3 rings (SSSR count). The molecule has 1 aromatic heterocycles. The van der Waals surface area contributed by atoms with Crippen molar-refractivity contribution in [2.24, 2.45) is 5.41 Å². The molecular formula is C24H29N3O2. The average Bonchev–Trinajstić information content (AvgIpc) is 3.21. The minimum Gasteiger partial charge on any atom is -0.493 e. The van der Waals surface area contributed by atoms with Crippen molar-refractivity contribution in [1.82, 2.24) is 14.9 Å². The van der Waals surface area contributed by atoms with E-state index in [1.807, 2.05) is 53.2 Å². The summed E-state index contributed by atoms with van der Waals surface area (Å²) >= 11 is 0. The number of hydrogen-bond acceptors (Lipinski definition) is 3. The Hall–Kier alpha value is -3.08. The Bertz CT molecular complexity index is 882. The van der Waals surface area contributed by atoms with Crippen LogP contribution in [0.3, 0.4) is 0 Å². The number of benzene rings is 2. The van der Waals surface area contributed by atoms with Gasteiger partial charge in [0.1, 0.15) is 5.75 Å². The highest BCUT2D eigenvalue weighted by atomic mass is 16.5. The minimum absolute atomic E-state index is 0.00838. The molecule has 1 N–H and O–H groups in total. The van der Waals surface area contributed by atoms with Crippen molar-refractivity contribution in [3.8, 4) is 16.9 Å². The second-order valence-corrected chi connectivity index (χ2v) is 8.23. The first kappa shape index (κ1) is 20.6. The Balaban J connectivity index is 1.48. The molecule has 0 bridgehead atoms. The van der Waals surface area contributed by atoms with Gasteiger partial charge in [-0.3, -0.25) is 4.79 Å². The molecule has 0 saturated heterocycles. The van der Waals surface area contributed by atoms with Crippen molar-refractivity contribution in [1.29, 1.82) is 0 Å². The molecule has 0 aliphatic carbocycles. The standard InChI is InChI=1S/C24H29N3O2/c1-24(2,3)22(17-27-15-14-25-18-27)26-23(28)13-16-29-21-11-9-20(10-12-21)19-7-5-4-6-8-19/h4-12,14-15,18,22H,13,16-17H2,1-3H3,(H,26,28). The van der Waals surface area contributed by atoms with Gasteiger partial charge in [-0.2, -0.15) is 0 Å². The summed E-state index contributed by atoms with van der Waals surface area (Å²) in [6.07, 6.45) is 5.75. The minimum atomic E-state index is -0.0615. The van der Waals surface area contributed by atoms with E-state index in [1.54, 1.807) is 12.5 Å². The summed E-state index contributed by atoms with van der Waals surface area (Å²) in [5, 5.41) is 3.14. The van der Waals surface area contributed by atoms with Crippen molar-refractivity contribution >= 4 is 5.91 Å². The molecule has 0 spiro atoms. The molecule has 0 aliphatic rings. The number of nitrogens with one attached hydrogen (secondary N) is 1. The number of ether oxygens (including phenoxy) is 1. The lowest BCUT2D eigenvalue weighted by molar-refractivity contribution is -0.123. The third kappa shape index (κ3) is 6.21. The van der Waals surface area contributed by atoms with Gasteiger partial charge in [0, 0.05) is 18.9 Å². The quantitative estimate of drug-likeness (QED) is 0.613. The van der Waals surface area contributed by atoms with E-state index in [4.69, 9.17) is 4.74 Å². The van der Waals surface area contributed by atoms with E-state index in [0.29, 0.717) is 19.6 Å². The Labute approximate surface area is 172 Å². The molecule has 1 heterocycles. The van der Waals surface area contributed by atoms with Crippen LogP contribution in [0.4, 0.5) is 0 Å². The largest absolute Gasteiger partial charge is 0.493 e. The molecule has 1 amide bonds. The van der Waals surface area contributed by atoms with Crippen LogP contribution < -0.4 is 10.1 Å². The van der Waals surface area contributed by atoms with Crippen LogP contribution in [-0.2, 0) is 11.3 Å². The van der Waals surface area contributed by atoms with Crippen LogP contribution in [0, 0.1) is 5.41 Å². The van der Waals surface area contributed by atoms with E-state index >= 15 is 0 Å². The molecule has 152 valence electrons. The molecule has 0 fully saturated rings. The predicted molar refractivity (Wildman–Crippen MR) is 116 cm³/mol. The van der Waals surface area contributed by atoms with Crippen LogP contribution in [0.1, 0.15) is 27.2 Å². The monoisotopic (exact) mass is 391 g/mol. The first-order valence-corrected chi connectivity index (χ1v) is 9.95. The fourth-order valence-electron chi connectivity index (χ4n) is 3.04. The first-order chi connectivity index (χ1) is 13.9. The van der Waals surface area contributed by atoms with Gasteiger partial charge in [-0.15, -0.1) is 0 Å². The van der Waals surface area contributed by atoms with Crippen LogP contribution >= 0.6 is 0 Å². The zero-order chi connectivity index (χ0) is 20.7. The van der Waals surface area contributed by atoms with Crippen LogP contribution in [0.25, 0.3) is 11.1 Å². The fraction of sp³-hybridized carbons (Fsp3) is 0.333. The summed E-state index contributed by atoms with van der Waals surface area (Å²) in [6.45, 7) is 7.41. The maximum Gasteiger partial charge on any atom is 0.223 e. The first-order valence-electron chi connectivity index (χ1n) is 9.95. The number of carbonyl (C=O) groups excluding carboxylic acids is 1. The van der Waals surface area contributed by atoms with E-state index in [2.05, 4.69) is 43.2 Å². The highest BCUT2D eigenvalue weighted by molar-refractivity contribution is 5.76. The van der Waals surface area contributed by atoms with E-state index in [9.17, 15) is 4.79 Å². The number of aromatic nitrogens is 2. The van der Waals surface area contributed by atoms with Gasteiger partial charge >= 0.3 is 0 Å². The molecule has 0 saturated carbocycles. The Morgan fingerprint density at radius 2 is 1.76 bits per heavy atom. The average molecular weight is 392 g/mol. The van der Waals surface area contributed by atoms with Crippen molar-refractivity contribution in [2.75, 3.05) is 6.61 Å². The smallest absolute Gasteiger partial charge is 0.223 e. The maximum atomic E-state index is 12.4. The third-order valence-electron chi connectivity index (χ3n) is 4.89. The van der Waals surface area contributed by atoms with Gasteiger partial charge in [-0.25, -0.2) is 4.98 Å². The van der Waals surface area contributed by atoms with Gasteiger partial charge in [-0.05, 0) is 28.7 Å². The maximum absolute atomic E-state index is 12.4. The lowest BCUT2D eigenvalue weighted by Gasteiger charge is -2.31. The molecule has 1 atom stereocenters. The van der Waals surface area contributed by atoms with Crippen molar-refractivity contribution < 1.29 is 9.53 Å². The Kier molecular flexibility index (Phi) is 6.70. The van der Waals surface area contributed by atoms with E-state index in [1.165, 1.54) is 5.56 Å². The summed E-state index contributed by atoms with van der Waals surface area (Å²) in [5.41, 5.74) is 2.25. The topological polar surface area (TPSA) is 56.2 Å². The summed E-state index contributed by atoms with van der Waals surface area (Å²) in [5.74, 6) is 0.759. The lowest BCUT2D eigenvalue weighted by atomic mass is 9.86. The van der Waals surface area contributed by atoms with Gasteiger partial charge in [0.25, 0.3) is 0 Å².